The highest BCUT2D eigenvalue weighted by Crippen LogP contribution is 2.45. The standard InChI is InChI=1S/C23H23BrN2O2/c1-14(12-15(2)27)26-23(16-4-7-18(24)8-5-16)21-10-6-17-13-19(28-3)9-11-20(17)22(21)25-26/h4-5,7-9,11-13,21,23H,6,10H2,1-3H3/b14-12-/t21-,23-/m1/s1. The number of allylic oxidation sites excluding steroid dienone is 2. The zero-order chi connectivity index (χ0) is 19.8. The highest BCUT2D eigenvalue weighted by Gasteiger charge is 2.42. The fraction of sp³-hybridized carbons (Fsp3) is 0.304. The molecule has 0 fully saturated rings. The lowest BCUT2D eigenvalue weighted by molar-refractivity contribution is -0.112. The number of halogens is 1. The number of fused-ring (bicyclic) bond motifs is 3. The highest BCUT2D eigenvalue weighted by molar-refractivity contribution is 9.10. The molecule has 4 nitrogen and oxygen atoms in total. The molecule has 0 saturated carbocycles. The number of aryl methyl sites for hydroxylation is 1. The van der Waals surface area contributed by atoms with Crippen molar-refractivity contribution in [3.8, 4) is 5.75 Å². The summed E-state index contributed by atoms with van der Waals surface area (Å²) in [6.07, 6.45) is 3.68. The maximum atomic E-state index is 11.7. The number of methoxy groups -OCH3 is 1. The van der Waals surface area contributed by atoms with E-state index in [2.05, 4.69) is 52.3 Å². The van der Waals surface area contributed by atoms with Crippen molar-refractivity contribution in [3.63, 3.8) is 0 Å². The third kappa shape index (κ3) is 3.39. The van der Waals surface area contributed by atoms with Gasteiger partial charge in [-0.05, 0) is 68.1 Å². The summed E-state index contributed by atoms with van der Waals surface area (Å²) in [5, 5.41) is 7.05. The Bertz CT molecular complexity index is 979. The number of hydrogen-bond acceptors (Lipinski definition) is 4. The van der Waals surface area contributed by atoms with Crippen molar-refractivity contribution in [2.75, 3.05) is 7.11 Å². The zero-order valence-corrected chi connectivity index (χ0v) is 17.9. The fourth-order valence-corrected chi connectivity index (χ4v) is 4.54. The van der Waals surface area contributed by atoms with Crippen LogP contribution in [0.2, 0.25) is 0 Å². The van der Waals surface area contributed by atoms with Crippen molar-refractivity contribution in [1.29, 1.82) is 0 Å². The van der Waals surface area contributed by atoms with E-state index in [1.54, 1.807) is 20.1 Å². The van der Waals surface area contributed by atoms with E-state index in [0.717, 1.165) is 34.5 Å². The molecule has 5 heteroatoms. The first-order chi connectivity index (χ1) is 13.5. The second kappa shape index (κ2) is 7.55. The Kier molecular flexibility index (Phi) is 5.11. The van der Waals surface area contributed by atoms with Crippen LogP contribution in [0.3, 0.4) is 0 Å². The van der Waals surface area contributed by atoms with Crippen LogP contribution in [-0.4, -0.2) is 23.6 Å². The molecule has 0 N–H and O–H groups in total. The third-order valence-corrected chi connectivity index (χ3v) is 6.04. The first-order valence-corrected chi connectivity index (χ1v) is 10.3. The van der Waals surface area contributed by atoms with E-state index in [-0.39, 0.29) is 17.7 Å². The number of carbonyl (C=O) groups excluding carboxylic acids is 1. The summed E-state index contributed by atoms with van der Waals surface area (Å²) in [4.78, 5) is 11.7. The van der Waals surface area contributed by atoms with Crippen LogP contribution in [0.4, 0.5) is 0 Å². The van der Waals surface area contributed by atoms with Gasteiger partial charge in [-0.1, -0.05) is 28.1 Å². The first kappa shape index (κ1) is 18.9. The van der Waals surface area contributed by atoms with Crippen molar-refractivity contribution in [2.45, 2.75) is 32.7 Å². The van der Waals surface area contributed by atoms with E-state index in [0.29, 0.717) is 0 Å². The van der Waals surface area contributed by atoms with Gasteiger partial charge >= 0.3 is 0 Å². The number of benzene rings is 2. The summed E-state index contributed by atoms with van der Waals surface area (Å²) < 4.78 is 6.45. The van der Waals surface area contributed by atoms with Gasteiger partial charge in [0.15, 0.2) is 5.78 Å². The van der Waals surface area contributed by atoms with Crippen LogP contribution in [0, 0.1) is 5.92 Å². The molecule has 0 radical (unpaired) electrons. The predicted molar refractivity (Wildman–Crippen MR) is 115 cm³/mol. The lowest BCUT2D eigenvalue weighted by atomic mass is 9.77. The summed E-state index contributed by atoms with van der Waals surface area (Å²) in [5.41, 5.74) is 5.65. The van der Waals surface area contributed by atoms with E-state index in [9.17, 15) is 4.79 Å². The van der Waals surface area contributed by atoms with Crippen LogP contribution >= 0.6 is 15.9 Å². The first-order valence-electron chi connectivity index (χ1n) is 9.47. The van der Waals surface area contributed by atoms with Crippen LogP contribution in [-0.2, 0) is 11.2 Å². The smallest absolute Gasteiger partial charge is 0.154 e. The number of nitrogens with zero attached hydrogens (tertiary/aromatic N) is 2. The van der Waals surface area contributed by atoms with Crippen molar-refractivity contribution in [2.24, 2.45) is 11.0 Å². The Morgan fingerprint density at radius 1 is 1.21 bits per heavy atom. The molecule has 0 bridgehead atoms. The van der Waals surface area contributed by atoms with E-state index in [1.807, 2.05) is 18.0 Å². The summed E-state index contributed by atoms with van der Waals surface area (Å²) >= 11 is 3.52. The van der Waals surface area contributed by atoms with Gasteiger partial charge in [0.2, 0.25) is 0 Å². The van der Waals surface area contributed by atoms with E-state index < -0.39 is 0 Å². The van der Waals surface area contributed by atoms with Gasteiger partial charge in [0.05, 0.1) is 18.9 Å². The lowest BCUT2D eigenvalue weighted by Crippen LogP contribution is -2.28. The Hall–Kier alpha value is -2.40. The second-order valence-electron chi connectivity index (χ2n) is 7.39. The van der Waals surface area contributed by atoms with Gasteiger partial charge in [0, 0.05) is 27.7 Å². The largest absolute Gasteiger partial charge is 0.497 e. The molecule has 1 aliphatic heterocycles. The average Bonchev–Trinajstić information content (AvgIpc) is 3.07. The molecular formula is C23H23BrN2O2. The molecule has 2 aromatic carbocycles. The number of ether oxygens (including phenoxy) is 1. The molecule has 0 aromatic heterocycles. The van der Waals surface area contributed by atoms with Crippen LogP contribution in [0.25, 0.3) is 0 Å². The van der Waals surface area contributed by atoms with Gasteiger partial charge < -0.3 is 4.74 Å². The van der Waals surface area contributed by atoms with Gasteiger partial charge in [-0.15, -0.1) is 0 Å². The van der Waals surface area contributed by atoms with Gasteiger partial charge in [0.1, 0.15) is 5.75 Å². The molecule has 1 heterocycles. The second-order valence-corrected chi connectivity index (χ2v) is 8.31. The lowest BCUT2D eigenvalue weighted by Gasteiger charge is -2.31. The van der Waals surface area contributed by atoms with Gasteiger partial charge in [-0.25, -0.2) is 0 Å². The molecule has 0 amide bonds. The number of ketones is 1. The minimum atomic E-state index is 0.0345. The van der Waals surface area contributed by atoms with Crippen LogP contribution < -0.4 is 4.74 Å². The van der Waals surface area contributed by atoms with Gasteiger partial charge in [0.25, 0.3) is 0 Å². The Morgan fingerprint density at radius 3 is 2.64 bits per heavy atom. The molecular weight excluding hydrogens is 416 g/mol. The monoisotopic (exact) mass is 438 g/mol. The number of rotatable bonds is 4. The normalized spacial score (nSPS) is 21.1. The summed E-state index contributed by atoms with van der Waals surface area (Å²) in [6.45, 7) is 3.54. The predicted octanol–water partition coefficient (Wildman–Crippen LogP) is 5.27. The van der Waals surface area contributed by atoms with Gasteiger partial charge in [-0.2, -0.15) is 5.10 Å². The molecule has 4 rings (SSSR count). The summed E-state index contributed by atoms with van der Waals surface area (Å²) in [6, 6.07) is 14.7. The van der Waals surface area contributed by atoms with Crippen LogP contribution in [0.5, 0.6) is 5.75 Å². The maximum absolute atomic E-state index is 11.7. The van der Waals surface area contributed by atoms with E-state index in [1.165, 1.54) is 16.7 Å². The Morgan fingerprint density at radius 2 is 1.96 bits per heavy atom. The fourth-order valence-electron chi connectivity index (χ4n) is 4.28. The van der Waals surface area contributed by atoms with Crippen molar-refractivity contribution in [1.82, 2.24) is 5.01 Å². The number of hydrazone groups is 1. The molecule has 144 valence electrons. The van der Waals surface area contributed by atoms with E-state index in [4.69, 9.17) is 9.84 Å². The highest BCUT2D eigenvalue weighted by atomic mass is 79.9. The van der Waals surface area contributed by atoms with Crippen LogP contribution in [0.15, 0.2) is 63.8 Å². The number of hydrogen-bond donors (Lipinski definition) is 0. The summed E-state index contributed by atoms with van der Waals surface area (Å²) in [7, 11) is 1.70. The quantitative estimate of drug-likeness (QED) is 0.610. The van der Waals surface area contributed by atoms with Gasteiger partial charge in [-0.3, -0.25) is 9.80 Å². The average molecular weight is 439 g/mol. The molecule has 0 spiro atoms. The molecule has 28 heavy (non-hydrogen) atoms. The topological polar surface area (TPSA) is 41.9 Å². The molecule has 2 aliphatic rings. The molecule has 2 aromatic rings. The third-order valence-electron chi connectivity index (χ3n) is 5.51. The minimum Gasteiger partial charge on any atom is -0.497 e. The Labute approximate surface area is 174 Å². The maximum Gasteiger partial charge on any atom is 0.154 e. The van der Waals surface area contributed by atoms with Crippen LogP contribution in [0.1, 0.15) is 43.0 Å². The molecule has 0 saturated heterocycles. The molecule has 2 atom stereocenters. The summed E-state index contributed by atoms with van der Waals surface area (Å²) in [5.74, 6) is 1.20. The molecule has 0 unspecified atom stereocenters. The Balaban J connectivity index is 1.81. The van der Waals surface area contributed by atoms with Crippen molar-refractivity contribution < 1.29 is 9.53 Å². The van der Waals surface area contributed by atoms with Crippen molar-refractivity contribution >= 4 is 27.4 Å². The number of carbonyl (C=O) groups is 1. The zero-order valence-electron chi connectivity index (χ0n) is 16.3. The minimum absolute atomic E-state index is 0.0345. The molecule has 1 aliphatic carbocycles. The van der Waals surface area contributed by atoms with Crippen molar-refractivity contribution in [3.05, 3.63) is 75.4 Å². The van der Waals surface area contributed by atoms with E-state index >= 15 is 0 Å². The SMILES string of the molecule is COc1ccc2c(c1)CC[C@@H]1C2=NN(/C(C)=C\C(C)=O)[C@@H]1c1ccc(Br)cc1.